The standard InChI is InChI=1S/C12H14N2O5S/c15-7(4-5-8(16)17)13-12-14-9(6-2-1-3-6)10(20-12)11(18)19/h6H,1-5H2,(H,16,17)(H,18,19)(H,13,14,15). The summed E-state index contributed by atoms with van der Waals surface area (Å²) in [5, 5.41) is 20.3. The zero-order valence-electron chi connectivity index (χ0n) is 10.6. The third-order valence-corrected chi connectivity index (χ3v) is 4.13. The maximum Gasteiger partial charge on any atom is 0.347 e. The molecule has 0 atom stereocenters. The first-order valence-corrected chi connectivity index (χ1v) is 7.04. The number of anilines is 1. The van der Waals surface area contributed by atoms with E-state index in [1.165, 1.54) is 0 Å². The Balaban J connectivity index is 2.06. The first kappa shape index (κ1) is 14.4. The molecule has 1 aromatic rings. The first-order chi connectivity index (χ1) is 9.47. The van der Waals surface area contributed by atoms with Gasteiger partial charge in [-0.1, -0.05) is 17.8 Å². The number of amides is 1. The third-order valence-electron chi connectivity index (χ3n) is 3.15. The Labute approximate surface area is 118 Å². The van der Waals surface area contributed by atoms with Gasteiger partial charge in [-0.3, -0.25) is 9.59 Å². The fourth-order valence-electron chi connectivity index (χ4n) is 1.90. The van der Waals surface area contributed by atoms with Gasteiger partial charge in [-0.2, -0.15) is 0 Å². The van der Waals surface area contributed by atoms with Crippen molar-refractivity contribution in [3.63, 3.8) is 0 Å². The maximum absolute atomic E-state index is 11.5. The van der Waals surface area contributed by atoms with Crippen LogP contribution in [-0.4, -0.2) is 33.0 Å². The molecule has 108 valence electrons. The number of nitrogens with one attached hydrogen (secondary N) is 1. The lowest BCUT2D eigenvalue weighted by Crippen LogP contribution is -2.14. The number of aliphatic carboxylic acids is 1. The van der Waals surface area contributed by atoms with Crippen LogP contribution in [0.1, 0.15) is 53.4 Å². The molecule has 7 nitrogen and oxygen atoms in total. The minimum atomic E-state index is -1.05. The van der Waals surface area contributed by atoms with E-state index in [4.69, 9.17) is 10.2 Å². The van der Waals surface area contributed by atoms with Crippen molar-refractivity contribution >= 4 is 34.3 Å². The largest absolute Gasteiger partial charge is 0.481 e. The third kappa shape index (κ3) is 3.32. The van der Waals surface area contributed by atoms with Gasteiger partial charge in [-0.05, 0) is 12.8 Å². The molecule has 20 heavy (non-hydrogen) atoms. The molecule has 0 aromatic carbocycles. The highest BCUT2D eigenvalue weighted by molar-refractivity contribution is 7.17. The minimum Gasteiger partial charge on any atom is -0.481 e. The van der Waals surface area contributed by atoms with Gasteiger partial charge in [0, 0.05) is 12.3 Å². The molecule has 1 aliphatic rings. The van der Waals surface area contributed by atoms with Crippen LogP contribution in [0.15, 0.2) is 0 Å². The Morgan fingerprint density at radius 2 is 1.95 bits per heavy atom. The van der Waals surface area contributed by atoms with Gasteiger partial charge in [-0.25, -0.2) is 9.78 Å². The van der Waals surface area contributed by atoms with Crippen molar-refractivity contribution in [1.82, 2.24) is 4.98 Å². The number of nitrogens with zero attached hydrogens (tertiary/aromatic N) is 1. The van der Waals surface area contributed by atoms with Crippen molar-refractivity contribution in [1.29, 1.82) is 0 Å². The molecule has 1 heterocycles. The highest BCUT2D eigenvalue weighted by Crippen LogP contribution is 2.40. The number of aromatic carboxylic acids is 1. The molecule has 1 aliphatic carbocycles. The number of rotatable bonds is 6. The molecule has 1 saturated carbocycles. The van der Waals surface area contributed by atoms with Crippen molar-refractivity contribution in [2.45, 2.75) is 38.0 Å². The van der Waals surface area contributed by atoms with Crippen molar-refractivity contribution < 1.29 is 24.6 Å². The van der Waals surface area contributed by atoms with E-state index in [0.29, 0.717) is 5.69 Å². The highest BCUT2D eigenvalue weighted by atomic mass is 32.1. The molecule has 3 N–H and O–H groups in total. The summed E-state index contributed by atoms with van der Waals surface area (Å²) in [5.41, 5.74) is 0.530. The Hall–Kier alpha value is -1.96. The Kier molecular flexibility index (Phi) is 4.33. The quantitative estimate of drug-likeness (QED) is 0.738. The summed E-state index contributed by atoms with van der Waals surface area (Å²) >= 11 is 0.918. The Bertz CT molecular complexity index is 550. The molecular weight excluding hydrogens is 284 g/mol. The van der Waals surface area contributed by atoms with Gasteiger partial charge in [0.1, 0.15) is 4.88 Å². The fraction of sp³-hybridized carbons (Fsp3) is 0.500. The molecule has 2 rings (SSSR count). The molecule has 0 saturated heterocycles. The molecule has 0 bridgehead atoms. The number of thiazole rings is 1. The van der Waals surface area contributed by atoms with E-state index in [9.17, 15) is 14.4 Å². The van der Waals surface area contributed by atoms with Crippen molar-refractivity contribution in [2.75, 3.05) is 5.32 Å². The van der Waals surface area contributed by atoms with E-state index in [1.807, 2.05) is 0 Å². The van der Waals surface area contributed by atoms with Crippen LogP contribution < -0.4 is 5.32 Å². The van der Waals surface area contributed by atoms with Crippen LogP contribution in [0.4, 0.5) is 5.13 Å². The fourth-order valence-corrected chi connectivity index (χ4v) is 2.81. The van der Waals surface area contributed by atoms with Crippen molar-refractivity contribution in [3.8, 4) is 0 Å². The van der Waals surface area contributed by atoms with Crippen LogP contribution in [-0.2, 0) is 9.59 Å². The topological polar surface area (TPSA) is 117 Å². The number of hydrogen-bond acceptors (Lipinski definition) is 5. The van der Waals surface area contributed by atoms with E-state index >= 15 is 0 Å². The van der Waals surface area contributed by atoms with Crippen LogP contribution in [0.2, 0.25) is 0 Å². The predicted octanol–water partition coefficient (Wildman–Crippen LogP) is 1.91. The van der Waals surface area contributed by atoms with Crippen LogP contribution in [0.25, 0.3) is 0 Å². The number of hydrogen-bond donors (Lipinski definition) is 3. The van der Waals surface area contributed by atoms with Gasteiger partial charge in [0.25, 0.3) is 0 Å². The van der Waals surface area contributed by atoms with E-state index < -0.39 is 17.8 Å². The zero-order chi connectivity index (χ0) is 14.7. The lowest BCUT2D eigenvalue weighted by molar-refractivity contribution is -0.138. The van der Waals surface area contributed by atoms with Crippen LogP contribution in [0, 0.1) is 0 Å². The van der Waals surface area contributed by atoms with Crippen LogP contribution in [0.3, 0.4) is 0 Å². The van der Waals surface area contributed by atoms with Gasteiger partial charge >= 0.3 is 11.9 Å². The minimum absolute atomic E-state index is 0.155. The normalized spacial score (nSPS) is 14.6. The molecule has 0 unspecified atom stereocenters. The van der Waals surface area contributed by atoms with E-state index in [-0.39, 0.29) is 28.8 Å². The predicted molar refractivity (Wildman–Crippen MR) is 71.2 cm³/mol. The van der Waals surface area contributed by atoms with E-state index in [1.54, 1.807) is 0 Å². The second-order valence-electron chi connectivity index (χ2n) is 4.61. The summed E-state index contributed by atoms with van der Waals surface area (Å²) in [5.74, 6) is -2.42. The van der Waals surface area contributed by atoms with Crippen LogP contribution >= 0.6 is 11.3 Å². The van der Waals surface area contributed by atoms with E-state index in [0.717, 1.165) is 30.6 Å². The van der Waals surface area contributed by atoms with Crippen molar-refractivity contribution in [2.24, 2.45) is 0 Å². The second kappa shape index (κ2) is 6.00. The number of carboxylic acid groups (broad SMARTS) is 2. The number of carbonyl (C=O) groups is 3. The Morgan fingerprint density at radius 1 is 1.25 bits per heavy atom. The maximum atomic E-state index is 11.5. The van der Waals surface area contributed by atoms with Crippen LogP contribution in [0.5, 0.6) is 0 Å². The number of carbonyl (C=O) groups excluding carboxylic acids is 1. The first-order valence-electron chi connectivity index (χ1n) is 6.23. The summed E-state index contributed by atoms with van der Waals surface area (Å²) in [7, 11) is 0. The second-order valence-corrected chi connectivity index (χ2v) is 5.61. The summed E-state index contributed by atoms with van der Waals surface area (Å²) in [6.45, 7) is 0. The average molecular weight is 298 g/mol. The van der Waals surface area contributed by atoms with Gasteiger partial charge in [0.2, 0.25) is 5.91 Å². The SMILES string of the molecule is O=C(O)CCC(=O)Nc1nc(C2CCC2)c(C(=O)O)s1. The molecule has 1 aromatic heterocycles. The molecule has 0 radical (unpaired) electrons. The van der Waals surface area contributed by atoms with E-state index in [2.05, 4.69) is 10.3 Å². The molecule has 0 spiro atoms. The monoisotopic (exact) mass is 298 g/mol. The average Bonchev–Trinajstić information content (AvgIpc) is 2.68. The van der Waals surface area contributed by atoms with Gasteiger partial charge in [0.15, 0.2) is 5.13 Å². The number of carboxylic acids is 2. The van der Waals surface area contributed by atoms with Gasteiger partial charge < -0.3 is 15.5 Å². The highest BCUT2D eigenvalue weighted by Gasteiger charge is 2.29. The summed E-state index contributed by atoms with van der Waals surface area (Å²) in [6, 6.07) is 0. The molecular formula is C12H14N2O5S. The smallest absolute Gasteiger partial charge is 0.347 e. The Morgan fingerprint density at radius 3 is 2.45 bits per heavy atom. The lowest BCUT2D eigenvalue weighted by atomic mass is 9.82. The summed E-state index contributed by atoms with van der Waals surface area (Å²) in [6.07, 6.45) is 2.46. The van der Waals surface area contributed by atoms with Gasteiger partial charge in [0.05, 0.1) is 12.1 Å². The molecule has 8 heteroatoms. The number of aromatic nitrogens is 1. The summed E-state index contributed by atoms with van der Waals surface area (Å²) in [4.78, 5) is 37.4. The zero-order valence-corrected chi connectivity index (χ0v) is 11.4. The lowest BCUT2D eigenvalue weighted by Gasteiger charge is -2.23. The van der Waals surface area contributed by atoms with Gasteiger partial charge in [-0.15, -0.1) is 0 Å². The molecule has 0 aliphatic heterocycles. The molecule has 1 amide bonds. The molecule has 1 fully saturated rings. The van der Waals surface area contributed by atoms with Crippen molar-refractivity contribution in [3.05, 3.63) is 10.6 Å². The summed E-state index contributed by atoms with van der Waals surface area (Å²) < 4.78 is 0.